The predicted molar refractivity (Wildman–Crippen MR) is 94.0 cm³/mol. The van der Waals surface area contributed by atoms with Gasteiger partial charge in [0.2, 0.25) is 5.91 Å². The molecular weight excluding hydrogens is 304 g/mol. The summed E-state index contributed by atoms with van der Waals surface area (Å²) in [5, 5.41) is 0. The molecule has 1 saturated carbocycles. The van der Waals surface area contributed by atoms with E-state index in [-0.39, 0.29) is 12.2 Å². The summed E-state index contributed by atoms with van der Waals surface area (Å²) in [6.45, 7) is 5.86. The average molecular weight is 338 g/mol. The number of rotatable bonds is 7. The van der Waals surface area contributed by atoms with Gasteiger partial charge in [-0.2, -0.15) is 0 Å². The van der Waals surface area contributed by atoms with Gasteiger partial charge in [-0.25, -0.2) is 0 Å². The highest BCUT2D eigenvalue weighted by Crippen LogP contribution is 2.28. The van der Waals surface area contributed by atoms with Crippen LogP contribution >= 0.6 is 0 Å². The minimum atomic E-state index is 0.157. The quantitative estimate of drug-likeness (QED) is 0.715. The van der Waals surface area contributed by atoms with Gasteiger partial charge in [-0.3, -0.25) is 9.69 Å². The molecule has 0 radical (unpaired) electrons. The first-order valence-corrected chi connectivity index (χ1v) is 9.91. The summed E-state index contributed by atoms with van der Waals surface area (Å²) in [5.74, 6) is 0.312. The van der Waals surface area contributed by atoms with E-state index in [0.717, 1.165) is 32.6 Å². The maximum absolute atomic E-state index is 12.0. The van der Waals surface area contributed by atoms with Crippen LogP contribution in [-0.4, -0.2) is 73.3 Å². The number of amides is 1. The molecule has 4 atom stereocenters. The van der Waals surface area contributed by atoms with E-state index in [4.69, 9.17) is 9.47 Å². The highest BCUT2D eigenvalue weighted by molar-refractivity contribution is 5.77. The second-order valence-electron chi connectivity index (χ2n) is 7.69. The number of hydrogen-bond acceptors (Lipinski definition) is 4. The molecule has 2 saturated heterocycles. The molecule has 0 N–H and O–H groups in total. The van der Waals surface area contributed by atoms with E-state index in [1.54, 1.807) is 0 Å². The van der Waals surface area contributed by atoms with Crippen molar-refractivity contribution in [1.82, 2.24) is 9.80 Å². The van der Waals surface area contributed by atoms with Gasteiger partial charge in [0.1, 0.15) is 0 Å². The number of methoxy groups -OCH3 is 1. The van der Waals surface area contributed by atoms with Gasteiger partial charge in [0.15, 0.2) is 0 Å². The maximum atomic E-state index is 12.0. The van der Waals surface area contributed by atoms with Crippen LogP contribution in [0.4, 0.5) is 0 Å². The van der Waals surface area contributed by atoms with Crippen molar-refractivity contribution in [2.75, 3.05) is 33.3 Å². The fraction of sp³-hybridized carbons (Fsp3) is 0.947. The van der Waals surface area contributed by atoms with Gasteiger partial charge < -0.3 is 14.4 Å². The third-order valence-corrected chi connectivity index (χ3v) is 5.94. The van der Waals surface area contributed by atoms with Crippen LogP contribution in [0.3, 0.4) is 0 Å². The molecule has 1 amide bonds. The topological polar surface area (TPSA) is 42.0 Å². The SMILES string of the molecule is CCCCN(CC1CN2CC(CCC2=O)O1)[C@@H]1CCCC[C@H]1OC. The minimum Gasteiger partial charge on any atom is -0.380 e. The van der Waals surface area contributed by atoms with Gasteiger partial charge in [0.05, 0.1) is 18.3 Å². The van der Waals surface area contributed by atoms with Crippen molar-refractivity contribution in [3.05, 3.63) is 0 Å². The van der Waals surface area contributed by atoms with Crippen LogP contribution < -0.4 is 0 Å². The smallest absolute Gasteiger partial charge is 0.222 e. The highest BCUT2D eigenvalue weighted by Gasteiger charge is 2.37. The van der Waals surface area contributed by atoms with Gasteiger partial charge >= 0.3 is 0 Å². The lowest BCUT2D eigenvalue weighted by Crippen LogP contribution is -2.58. The molecule has 1 aliphatic carbocycles. The van der Waals surface area contributed by atoms with Crippen molar-refractivity contribution in [1.29, 1.82) is 0 Å². The number of morpholine rings is 1. The molecule has 24 heavy (non-hydrogen) atoms. The summed E-state index contributed by atoms with van der Waals surface area (Å²) in [7, 11) is 1.85. The third kappa shape index (κ3) is 4.30. The Morgan fingerprint density at radius 2 is 2.08 bits per heavy atom. The van der Waals surface area contributed by atoms with E-state index in [2.05, 4.69) is 11.8 Å². The fourth-order valence-corrected chi connectivity index (χ4v) is 4.62. The largest absolute Gasteiger partial charge is 0.380 e. The van der Waals surface area contributed by atoms with E-state index in [1.165, 1.54) is 38.5 Å². The molecule has 2 heterocycles. The van der Waals surface area contributed by atoms with Crippen molar-refractivity contribution in [3.8, 4) is 0 Å². The molecule has 2 aliphatic heterocycles. The van der Waals surface area contributed by atoms with E-state index in [9.17, 15) is 4.79 Å². The zero-order valence-electron chi connectivity index (χ0n) is 15.4. The zero-order chi connectivity index (χ0) is 16.9. The zero-order valence-corrected chi connectivity index (χ0v) is 15.4. The number of piperidine rings is 1. The first kappa shape index (κ1) is 18.2. The summed E-state index contributed by atoms with van der Waals surface area (Å²) in [6, 6.07) is 0.506. The first-order chi connectivity index (χ1) is 11.7. The Bertz CT molecular complexity index is 417. The molecule has 2 unspecified atom stereocenters. The Morgan fingerprint density at radius 1 is 1.25 bits per heavy atom. The third-order valence-electron chi connectivity index (χ3n) is 5.94. The molecule has 3 aliphatic rings. The van der Waals surface area contributed by atoms with Crippen LogP contribution in [0.2, 0.25) is 0 Å². The van der Waals surface area contributed by atoms with Gasteiger partial charge in [0, 0.05) is 39.2 Å². The van der Waals surface area contributed by atoms with Gasteiger partial charge in [-0.15, -0.1) is 0 Å². The van der Waals surface area contributed by atoms with Crippen LogP contribution in [0.15, 0.2) is 0 Å². The predicted octanol–water partition coefficient (Wildman–Crippen LogP) is 2.44. The molecule has 2 bridgehead atoms. The first-order valence-electron chi connectivity index (χ1n) is 9.91. The Balaban J connectivity index is 1.64. The van der Waals surface area contributed by atoms with Gasteiger partial charge in [-0.1, -0.05) is 26.2 Å². The standard InChI is InChI=1S/C19H34N2O3/c1-3-4-11-20(17-7-5-6-8-18(17)23-2)13-16-14-21-12-15(24-16)9-10-19(21)22/h15-18H,3-14H2,1-2H3/t15?,16?,17-,18-/m1/s1. The normalized spacial score (nSPS) is 34.0. The average Bonchev–Trinajstić information content (AvgIpc) is 2.62. The van der Waals surface area contributed by atoms with Crippen molar-refractivity contribution in [2.45, 2.75) is 82.6 Å². The van der Waals surface area contributed by atoms with E-state index < -0.39 is 0 Å². The monoisotopic (exact) mass is 338 g/mol. The molecular formula is C19H34N2O3. The number of nitrogens with zero attached hydrogens (tertiary/aromatic N) is 2. The lowest BCUT2D eigenvalue weighted by molar-refractivity contribution is -0.160. The lowest BCUT2D eigenvalue weighted by Gasteiger charge is -2.45. The van der Waals surface area contributed by atoms with Crippen LogP contribution in [0, 0.1) is 0 Å². The lowest BCUT2D eigenvalue weighted by atomic mass is 9.90. The van der Waals surface area contributed by atoms with Crippen molar-refractivity contribution in [3.63, 3.8) is 0 Å². The number of fused-ring (bicyclic) bond motifs is 2. The summed E-state index contributed by atoms with van der Waals surface area (Å²) < 4.78 is 12.1. The second kappa shape index (κ2) is 8.63. The molecule has 0 aromatic carbocycles. The van der Waals surface area contributed by atoms with E-state index in [1.807, 2.05) is 12.0 Å². The van der Waals surface area contributed by atoms with Gasteiger partial charge in [-0.05, 0) is 32.2 Å². The molecule has 5 heteroatoms. The summed E-state index contributed by atoms with van der Waals surface area (Å²) in [5.41, 5.74) is 0. The van der Waals surface area contributed by atoms with Crippen LogP contribution in [0.5, 0.6) is 0 Å². The minimum absolute atomic E-state index is 0.157. The molecule has 0 spiro atoms. The summed E-state index contributed by atoms with van der Waals surface area (Å²) >= 11 is 0. The molecule has 3 fully saturated rings. The van der Waals surface area contributed by atoms with Crippen molar-refractivity contribution >= 4 is 5.91 Å². The van der Waals surface area contributed by atoms with Crippen LogP contribution in [0.1, 0.15) is 58.3 Å². The number of carbonyl (C=O) groups is 1. The maximum Gasteiger partial charge on any atom is 0.222 e. The molecule has 5 nitrogen and oxygen atoms in total. The number of ether oxygens (including phenoxy) is 2. The number of unbranched alkanes of at least 4 members (excludes halogenated alkanes) is 1. The Labute approximate surface area is 146 Å². The van der Waals surface area contributed by atoms with E-state index >= 15 is 0 Å². The van der Waals surface area contributed by atoms with Crippen molar-refractivity contribution in [2.24, 2.45) is 0 Å². The van der Waals surface area contributed by atoms with Crippen LogP contribution in [0.25, 0.3) is 0 Å². The Morgan fingerprint density at radius 3 is 2.88 bits per heavy atom. The van der Waals surface area contributed by atoms with E-state index in [0.29, 0.717) is 24.5 Å². The van der Waals surface area contributed by atoms with Crippen LogP contribution in [-0.2, 0) is 14.3 Å². The highest BCUT2D eigenvalue weighted by atomic mass is 16.5. The second-order valence-corrected chi connectivity index (χ2v) is 7.69. The van der Waals surface area contributed by atoms with Gasteiger partial charge in [0.25, 0.3) is 0 Å². The molecule has 0 aromatic rings. The fourth-order valence-electron chi connectivity index (χ4n) is 4.62. The Hall–Kier alpha value is -0.650. The Kier molecular flexibility index (Phi) is 6.53. The number of carbonyl (C=O) groups excluding carboxylic acids is 1. The summed E-state index contributed by atoms with van der Waals surface area (Å²) in [4.78, 5) is 16.7. The van der Waals surface area contributed by atoms with Crippen molar-refractivity contribution < 1.29 is 14.3 Å². The molecule has 3 rings (SSSR count). The number of hydrogen-bond donors (Lipinski definition) is 0. The molecule has 0 aromatic heterocycles. The summed E-state index contributed by atoms with van der Waals surface area (Å²) in [6.07, 6.45) is 9.70. The molecule has 138 valence electrons.